The van der Waals surface area contributed by atoms with Gasteiger partial charge in [0.15, 0.2) is 5.82 Å². The van der Waals surface area contributed by atoms with Crippen molar-refractivity contribution in [2.45, 2.75) is 25.7 Å². The van der Waals surface area contributed by atoms with Crippen LogP contribution in [0.2, 0.25) is 5.02 Å². The molecule has 0 aliphatic heterocycles. The Bertz CT molecular complexity index is 1020. The number of aryl methyl sites for hydroxylation is 1. The minimum atomic E-state index is -0.353. The molecule has 1 heterocycles. The first-order valence-electron chi connectivity index (χ1n) is 9.25. The number of hydrogen-bond acceptors (Lipinski definition) is 5. The van der Waals surface area contributed by atoms with Gasteiger partial charge in [-0.3, -0.25) is 0 Å². The molecule has 0 spiro atoms. The predicted molar refractivity (Wildman–Crippen MR) is 110 cm³/mol. The van der Waals surface area contributed by atoms with Gasteiger partial charge in [0.1, 0.15) is 5.82 Å². The Morgan fingerprint density at radius 1 is 1.07 bits per heavy atom. The second-order valence-corrected chi connectivity index (χ2v) is 7.17. The summed E-state index contributed by atoms with van der Waals surface area (Å²) in [4.78, 5) is 21.2. The summed E-state index contributed by atoms with van der Waals surface area (Å²) in [7, 11) is 1.37. The Morgan fingerprint density at radius 2 is 1.86 bits per heavy atom. The number of fused-ring (bicyclic) bond motifs is 1. The smallest absolute Gasteiger partial charge is 0.337 e. The maximum absolute atomic E-state index is 11.6. The lowest BCUT2D eigenvalue weighted by molar-refractivity contribution is 0.0601. The molecule has 28 heavy (non-hydrogen) atoms. The number of esters is 1. The first-order chi connectivity index (χ1) is 13.6. The van der Waals surface area contributed by atoms with Gasteiger partial charge in [0, 0.05) is 27.5 Å². The largest absolute Gasteiger partial charge is 0.465 e. The van der Waals surface area contributed by atoms with Crippen LogP contribution in [0, 0.1) is 0 Å². The monoisotopic (exact) mass is 393 g/mol. The summed E-state index contributed by atoms with van der Waals surface area (Å²) in [6.45, 7) is 0. The van der Waals surface area contributed by atoms with Gasteiger partial charge in [0.25, 0.3) is 0 Å². The second kappa shape index (κ2) is 7.98. The summed E-state index contributed by atoms with van der Waals surface area (Å²) in [6.07, 6.45) is 4.16. The van der Waals surface area contributed by atoms with Gasteiger partial charge in [-0.15, -0.1) is 0 Å². The molecular formula is C22H20ClN3O2. The van der Waals surface area contributed by atoms with Crippen LogP contribution in [0.15, 0.2) is 48.5 Å². The number of carbonyl (C=O) groups excluding carboxylic acids is 1. The van der Waals surface area contributed by atoms with Crippen LogP contribution >= 0.6 is 11.6 Å². The van der Waals surface area contributed by atoms with Crippen LogP contribution in [0.3, 0.4) is 0 Å². The highest BCUT2D eigenvalue weighted by molar-refractivity contribution is 6.30. The first-order valence-corrected chi connectivity index (χ1v) is 9.63. The van der Waals surface area contributed by atoms with Crippen LogP contribution in [-0.2, 0) is 17.6 Å². The Balaban J connectivity index is 1.71. The molecule has 4 rings (SSSR count). The van der Waals surface area contributed by atoms with Crippen LogP contribution in [0.5, 0.6) is 0 Å². The Kier molecular flexibility index (Phi) is 5.26. The van der Waals surface area contributed by atoms with Crippen molar-refractivity contribution < 1.29 is 9.53 Å². The lowest BCUT2D eigenvalue weighted by Crippen LogP contribution is -2.12. The molecular weight excluding hydrogens is 374 g/mol. The second-order valence-electron chi connectivity index (χ2n) is 6.73. The summed E-state index contributed by atoms with van der Waals surface area (Å²) in [5, 5.41) is 4.06. The average molecular weight is 394 g/mol. The zero-order valence-electron chi connectivity index (χ0n) is 15.5. The van der Waals surface area contributed by atoms with Crippen molar-refractivity contribution in [2.75, 3.05) is 12.4 Å². The maximum atomic E-state index is 11.6. The molecule has 0 atom stereocenters. The van der Waals surface area contributed by atoms with E-state index in [2.05, 4.69) is 5.32 Å². The molecule has 1 N–H and O–H groups in total. The molecule has 1 aliphatic rings. The van der Waals surface area contributed by atoms with Crippen molar-refractivity contribution in [3.63, 3.8) is 0 Å². The van der Waals surface area contributed by atoms with Crippen LogP contribution in [0.25, 0.3) is 11.4 Å². The molecule has 2 aromatic carbocycles. The fourth-order valence-corrected chi connectivity index (χ4v) is 3.59. The van der Waals surface area contributed by atoms with Crippen molar-refractivity contribution in [2.24, 2.45) is 0 Å². The molecule has 0 unspecified atom stereocenters. The highest BCUT2D eigenvalue weighted by atomic mass is 35.5. The van der Waals surface area contributed by atoms with Crippen molar-refractivity contribution in [3.05, 3.63) is 70.4 Å². The summed E-state index contributed by atoms with van der Waals surface area (Å²) in [6, 6.07) is 14.8. The first kappa shape index (κ1) is 18.4. The number of nitrogens with one attached hydrogen (secondary N) is 1. The Hall–Kier alpha value is -2.92. The number of halogens is 1. The number of hydrogen-bond donors (Lipinski definition) is 1. The Morgan fingerprint density at radius 3 is 2.61 bits per heavy atom. The third kappa shape index (κ3) is 3.85. The van der Waals surface area contributed by atoms with Crippen LogP contribution in [-0.4, -0.2) is 23.0 Å². The van der Waals surface area contributed by atoms with Gasteiger partial charge in [0.2, 0.25) is 0 Å². The van der Waals surface area contributed by atoms with E-state index in [1.165, 1.54) is 7.11 Å². The number of aromatic nitrogens is 2. The molecule has 0 bridgehead atoms. The van der Waals surface area contributed by atoms with Crippen molar-refractivity contribution in [1.82, 2.24) is 9.97 Å². The fraction of sp³-hybridized carbons (Fsp3) is 0.227. The number of ether oxygens (including phenoxy) is 1. The van der Waals surface area contributed by atoms with Crippen molar-refractivity contribution in [3.8, 4) is 11.4 Å². The maximum Gasteiger partial charge on any atom is 0.337 e. The number of nitrogens with zero attached hydrogens (tertiary/aromatic N) is 2. The zero-order valence-corrected chi connectivity index (χ0v) is 16.3. The minimum Gasteiger partial charge on any atom is -0.465 e. The molecule has 0 saturated carbocycles. The topological polar surface area (TPSA) is 64.1 Å². The molecule has 142 valence electrons. The highest BCUT2D eigenvalue weighted by Gasteiger charge is 2.19. The average Bonchev–Trinajstić information content (AvgIpc) is 2.73. The van der Waals surface area contributed by atoms with Gasteiger partial charge in [-0.1, -0.05) is 23.7 Å². The third-order valence-corrected chi connectivity index (χ3v) is 5.07. The normalized spacial score (nSPS) is 12.9. The molecule has 3 aromatic rings. The Labute approximate surface area is 168 Å². The standard InChI is InChI=1S/C22H20ClN3O2/c1-28-22(27)14-9-11-17(12-10-14)24-21-18-7-2-3-8-19(18)25-20(26-21)15-5-4-6-16(23)13-15/h4-6,9-13H,2-3,7-8H2,1H3,(H,24,25,26). The van der Waals surface area contributed by atoms with E-state index in [0.717, 1.165) is 54.0 Å². The van der Waals surface area contributed by atoms with Crippen molar-refractivity contribution >= 4 is 29.1 Å². The number of benzene rings is 2. The molecule has 0 radical (unpaired) electrons. The minimum absolute atomic E-state index is 0.353. The molecule has 5 nitrogen and oxygen atoms in total. The van der Waals surface area contributed by atoms with Crippen LogP contribution in [0.4, 0.5) is 11.5 Å². The summed E-state index contributed by atoms with van der Waals surface area (Å²) >= 11 is 6.15. The van der Waals surface area contributed by atoms with Gasteiger partial charge >= 0.3 is 5.97 Å². The fourth-order valence-electron chi connectivity index (χ4n) is 3.40. The predicted octanol–water partition coefficient (Wildman–Crippen LogP) is 5.21. The number of carbonyl (C=O) groups is 1. The van der Waals surface area contributed by atoms with E-state index in [1.54, 1.807) is 12.1 Å². The van der Waals surface area contributed by atoms with E-state index in [0.29, 0.717) is 16.4 Å². The van der Waals surface area contributed by atoms with Gasteiger partial charge in [0.05, 0.1) is 12.7 Å². The molecule has 6 heteroatoms. The quantitative estimate of drug-likeness (QED) is 0.616. The summed E-state index contributed by atoms with van der Waals surface area (Å²) < 4.78 is 4.75. The van der Waals surface area contributed by atoms with Gasteiger partial charge in [-0.05, 0) is 62.1 Å². The van der Waals surface area contributed by atoms with E-state index in [9.17, 15) is 4.79 Å². The van der Waals surface area contributed by atoms with E-state index in [4.69, 9.17) is 26.3 Å². The lowest BCUT2D eigenvalue weighted by atomic mass is 9.96. The van der Waals surface area contributed by atoms with E-state index in [1.807, 2.05) is 36.4 Å². The number of methoxy groups -OCH3 is 1. The van der Waals surface area contributed by atoms with Gasteiger partial charge in [-0.2, -0.15) is 0 Å². The SMILES string of the molecule is COC(=O)c1ccc(Nc2nc(-c3cccc(Cl)c3)nc3c2CCCC3)cc1. The molecule has 1 aromatic heterocycles. The lowest BCUT2D eigenvalue weighted by Gasteiger charge is -2.20. The zero-order chi connectivity index (χ0) is 19.5. The third-order valence-electron chi connectivity index (χ3n) is 4.83. The van der Waals surface area contributed by atoms with E-state index >= 15 is 0 Å². The molecule has 0 fully saturated rings. The summed E-state index contributed by atoms with van der Waals surface area (Å²) in [5.74, 6) is 1.12. The highest BCUT2D eigenvalue weighted by Crippen LogP contribution is 2.31. The number of rotatable bonds is 4. The van der Waals surface area contributed by atoms with Gasteiger partial charge < -0.3 is 10.1 Å². The molecule has 0 saturated heterocycles. The van der Waals surface area contributed by atoms with Gasteiger partial charge in [-0.25, -0.2) is 14.8 Å². The molecule has 1 aliphatic carbocycles. The van der Waals surface area contributed by atoms with Crippen molar-refractivity contribution in [1.29, 1.82) is 0 Å². The number of anilines is 2. The van der Waals surface area contributed by atoms with E-state index < -0.39 is 0 Å². The molecule has 0 amide bonds. The van der Waals surface area contributed by atoms with Crippen LogP contribution < -0.4 is 5.32 Å². The van der Waals surface area contributed by atoms with Crippen LogP contribution in [0.1, 0.15) is 34.5 Å². The summed E-state index contributed by atoms with van der Waals surface area (Å²) in [5.41, 5.74) is 4.51. The van der Waals surface area contributed by atoms with E-state index in [-0.39, 0.29) is 5.97 Å².